The van der Waals surface area contributed by atoms with Crippen molar-refractivity contribution in [2.75, 3.05) is 23.8 Å². The van der Waals surface area contributed by atoms with Crippen LogP contribution in [-0.4, -0.2) is 40.7 Å². The monoisotopic (exact) mass is 455 g/mol. The first-order valence-electron chi connectivity index (χ1n) is 10.0. The van der Waals surface area contributed by atoms with Crippen LogP contribution in [0.3, 0.4) is 0 Å². The van der Waals surface area contributed by atoms with E-state index in [1.165, 1.54) is 23.1 Å². The Morgan fingerprint density at radius 1 is 1.13 bits per heavy atom. The Labute approximate surface area is 190 Å². The molecule has 1 amide bonds. The fraction of sp³-hybridized carbons (Fsp3) is 0.304. The van der Waals surface area contributed by atoms with Gasteiger partial charge in [0.15, 0.2) is 10.8 Å². The number of amides is 1. The zero-order valence-corrected chi connectivity index (χ0v) is 19.2. The van der Waals surface area contributed by atoms with Gasteiger partial charge in [0, 0.05) is 29.6 Å². The summed E-state index contributed by atoms with van der Waals surface area (Å²) in [5, 5.41) is 0.531. The standard InChI is InChI=1S/C23H25N3O3S2/c1-3-29-22(28)21-17(2)31-23(25-21)26(13-11-18-8-5-4-6-9-18)20(27)16-30-15-19-10-7-12-24-14-19/h4-10,12,14H,3,11,13,15-16H2,1-2H3. The van der Waals surface area contributed by atoms with E-state index in [-0.39, 0.29) is 18.2 Å². The maximum atomic E-state index is 13.1. The lowest BCUT2D eigenvalue weighted by atomic mass is 10.1. The Morgan fingerprint density at radius 3 is 2.61 bits per heavy atom. The first-order chi connectivity index (χ1) is 15.1. The molecule has 1 aromatic carbocycles. The fourth-order valence-corrected chi connectivity index (χ4v) is 4.70. The van der Waals surface area contributed by atoms with E-state index in [4.69, 9.17) is 4.74 Å². The number of thiazole rings is 1. The SMILES string of the molecule is CCOC(=O)c1nc(N(CCc2ccccc2)C(=O)CSCc2cccnc2)sc1C. The second kappa shape index (κ2) is 11.6. The molecular weight excluding hydrogens is 430 g/mol. The summed E-state index contributed by atoms with van der Waals surface area (Å²) >= 11 is 2.88. The van der Waals surface area contributed by atoms with Crippen molar-refractivity contribution in [3.05, 3.63) is 76.6 Å². The van der Waals surface area contributed by atoms with Gasteiger partial charge in [-0.25, -0.2) is 9.78 Å². The van der Waals surface area contributed by atoms with E-state index in [0.29, 0.717) is 29.6 Å². The molecule has 8 heteroatoms. The second-order valence-corrected chi connectivity index (χ2v) is 8.92. The number of carbonyl (C=O) groups is 2. The number of thioether (sulfide) groups is 1. The summed E-state index contributed by atoms with van der Waals surface area (Å²) in [5.41, 5.74) is 2.50. The zero-order chi connectivity index (χ0) is 22.1. The van der Waals surface area contributed by atoms with Gasteiger partial charge in [0.2, 0.25) is 5.91 Å². The summed E-state index contributed by atoms with van der Waals surface area (Å²) in [7, 11) is 0. The van der Waals surface area contributed by atoms with Gasteiger partial charge in [-0.05, 0) is 37.5 Å². The third-order valence-corrected chi connectivity index (χ3v) is 6.45. The topological polar surface area (TPSA) is 72.4 Å². The number of benzene rings is 1. The van der Waals surface area contributed by atoms with Gasteiger partial charge in [0.05, 0.1) is 12.4 Å². The molecule has 0 atom stereocenters. The van der Waals surface area contributed by atoms with E-state index in [1.807, 2.05) is 49.4 Å². The molecule has 0 radical (unpaired) electrons. The largest absolute Gasteiger partial charge is 0.461 e. The van der Waals surface area contributed by atoms with Crippen molar-refractivity contribution < 1.29 is 14.3 Å². The quantitative estimate of drug-likeness (QED) is 0.418. The lowest BCUT2D eigenvalue weighted by Gasteiger charge is -2.20. The molecule has 6 nitrogen and oxygen atoms in total. The smallest absolute Gasteiger partial charge is 0.358 e. The van der Waals surface area contributed by atoms with Crippen LogP contribution in [0.2, 0.25) is 0 Å². The Hall–Kier alpha value is -2.71. The first-order valence-corrected chi connectivity index (χ1v) is 12.0. The normalized spacial score (nSPS) is 10.6. The van der Waals surface area contributed by atoms with E-state index in [0.717, 1.165) is 16.0 Å². The molecular formula is C23H25N3O3S2. The summed E-state index contributed by atoms with van der Waals surface area (Å²) in [6, 6.07) is 13.9. The van der Waals surface area contributed by atoms with Crippen molar-refractivity contribution in [1.82, 2.24) is 9.97 Å². The summed E-state index contributed by atoms with van der Waals surface area (Å²) in [5.74, 6) is 0.534. The van der Waals surface area contributed by atoms with Crippen LogP contribution in [0.5, 0.6) is 0 Å². The summed E-state index contributed by atoms with van der Waals surface area (Å²) in [6.45, 7) is 4.36. The number of carbonyl (C=O) groups excluding carboxylic acids is 2. The Morgan fingerprint density at radius 2 is 1.90 bits per heavy atom. The Balaban J connectivity index is 1.73. The third-order valence-electron chi connectivity index (χ3n) is 4.47. The van der Waals surface area contributed by atoms with Gasteiger partial charge in [-0.3, -0.25) is 14.7 Å². The molecule has 2 aromatic heterocycles. The number of rotatable bonds is 10. The van der Waals surface area contributed by atoms with Gasteiger partial charge in [0.1, 0.15) is 0 Å². The minimum absolute atomic E-state index is 0.0334. The number of hydrogen-bond donors (Lipinski definition) is 0. The van der Waals surface area contributed by atoms with Crippen molar-refractivity contribution >= 4 is 40.1 Å². The molecule has 0 spiro atoms. The molecule has 31 heavy (non-hydrogen) atoms. The highest BCUT2D eigenvalue weighted by Crippen LogP contribution is 2.27. The second-order valence-electron chi connectivity index (χ2n) is 6.76. The number of ether oxygens (including phenoxy) is 1. The molecule has 3 rings (SSSR count). The molecule has 0 N–H and O–H groups in total. The summed E-state index contributed by atoms with van der Waals surface area (Å²) in [6.07, 6.45) is 4.24. The summed E-state index contributed by atoms with van der Waals surface area (Å²) < 4.78 is 5.10. The molecule has 0 fully saturated rings. The van der Waals surface area contributed by atoms with Gasteiger partial charge >= 0.3 is 5.97 Å². The molecule has 0 aliphatic carbocycles. The van der Waals surface area contributed by atoms with Crippen LogP contribution in [0.4, 0.5) is 5.13 Å². The fourth-order valence-electron chi connectivity index (χ4n) is 2.92. The van der Waals surface area contributed by atoms with E-state index in [1.54, 1.807) is 24.2 Å². The molecule has 0 aliphatic heterocycles. The van der Waals surface area contributed by atoms with E-state index in [9.17, 15) is 9.59 Å². The minimum Gasteiger partial charge on any atom is -0.461 e. The molecule has 3 aromatic rings. The number of esters is 1. The van der Waals surface area contributed by atoms with E-state index >= 15 is 0 Å². The number of aryl methyl sites for hydroxylation is 1. The first kappa shape index (κ1) is 23.0. The lowest BCUT2D eigenvalue weighted by molar-refractivity contribution is -0.116. The van der Waals surface area contributed by atoms with Gasteiger partial charge in [-0.15, -0.1) is 23.1 Å². The maximum absolute atomic E-state index is 13.1. The van der Waals surface area contributed by atoms with E-state index in [2.05, 4.69) is 9.97 Å². The van der Waals surface area contributed by atoms with Crippen LogP contribution < -0.4 is 4.90 Å². The molecule has 162 valence electrons. The number of hydrogen-bond acceptors (Lipinski definition) is 7. The van der Waals surface area contributed by atoms with Crippen LogP contribution in [0, 0.1) is 6.92 Å². The number of nitrogens with zero attached hydrogens (tertiary/aromatic N) is 3. The van der Waals surface area contributed by atoms with Crippen molar-refractivity contribution in [3.63, 3.8) is 0 Å². The van der Waals surface area contributed by atoms with Crippen LogP contribution in [0.15, 0.2) is 54.9 Å². The lowest BCUT2D eigenvalue weighted by Crippen LogP contribution is -2.34. The predicted octanol–water partition coefficient (Wildman–Crippen LogP) is 4.53. The molecule has 2 heterocycles. The Kier molecular flexibility index (Phi) is 8.61. The van der Waals surface area contributed by atoms with Crippen molar-refractivity contribution in [3.8, 4) is 0 Å². The number of anilines is 1. The minimum atomic E-state index is -0.455. The van der Waals surface area contributed by atoms with Crippen LogP contribution >= 0.6 is 23.1 Å². The average Bonchev–Trinajstić information content (AvgIpc) is 3.17. The predicted molar refractivity (Wildman–Crippen MR) is 126 cm³/mol. The van der Waals surface area contributed by atoms with Crippen molar-refractivity contribution in [1.29, 1.82) is 0 Å². The van der Waals surface area contributed by atoms with Gasteiger partial charge in [0.25, 0.3) is 0 Å². The van der Waals surface area contributed by atoms with Gasteiger partial charge in [-0.1, -0.05) is 36.4 Å². The maximum Gasteiger partial charge on any atom is 0.358 e. The molecule has 0 unspecified atom stereocenters. The zero-order valence-electron chi connectivity index (χ0n) is 17.6. The van der Waals surface area contributed by atoms with E-state index < -0.39 is 5.97 Å². The highest BCUT2D eigenvalue weighted by atomic mass is 32.2. The van der Waals surface area contributed by atoms with Crippen LogP contribution in [-0.2, 0) is 21.7 Å². The third kappa shape index (κ3) is 6.63. The molecule has 0 saturated carbocycles. The molecule has 0 saturated heterocycles. The highest BCUT2D eigenvalue weighted by molar-refractivity contribution is 7.99. The highest BCUT2D eigenvalue weighted by Gasteiger charge is 2.23. The Bertz CT molecular complexity index is 994. The van der Waals surface area contributed by atoms with Gasteiger partial charge < -0.3 is 4.74 Å². The number of pyridine rings is 1. The van der Waals surface area contributed by atoms with Gasteiger partial charge in [-0.2, -0.15) is 0 Å². The van der Waals surface area contributed by atoms with Crippen molar-refractivity contribution in [2.24, 2.45) is 0 Å². The van der Waals surface area contributed by atoms with Crippen molar-refractivity contribution in [2.45, 2.75) is 26.0 Å². The summed E-state index contributed by atoms with van der Waals surface area (Å²) in [4.78, 5) is 36.3. The number of aromatic nitrogens is 2. The molecule has 0 bridgehead atoms. The van der Waals surface area contributed by atoms with Crippen LogP contribution in [0.25, 0.3) is 0 Å². The van der Waals surface area contributed by atoms with Crippen LogP contribution in [0.1, 0.15) is 33.4 Å². The molecule has 0 aliphatic rings. The average molecular weight is 456 g/mol.